The third-order valence-electron chi connectivity index (χ3n) is 4.11. The topological polar surface area (TPSA) is 38.0 Å². The maximum Gasteiger partial charge on any atom is 0.0480 e. The zero-order chi connectivity index (χ0) is 11.7. The fourth-order valence-corrected chi connectivity index (χ4v) is 4.36. The summed E-state index contributed by atoms with van der Waals surface area (Å²) in [6.45, 7) is 1.14. The molecule has 3 heteroatoms. The molecule has 0 saturated heterocycles. The van der Waals surface area contributed by atoms with Gasteiger partial charge in [0.2, 0.25) is 0 Å². The van der Waals surface area contributed by atoms with Crippen molar-refractivity contribution in [2.45, 2.75) is 37.0 Å². The van der Waals surface area contributed by atoms with Gasteiger partial charge in [0.25, 0.3) is 0 Å². The van der Waals surface area contributed by atoms with Crippen molar-refractivity contribution in [1.82, 2.24) is 0 Å². The number of nitrogens with two attached hydrogens (primary N) is 1. The lowest BCUT2D eigenvalue weighted by Crippen LogP contribution is -2.33. The second kappa shape index (κ2) is 4.45. The lowest BCUT2D eigenvalue weighted by atomic mass is 9.75. The van der Waals surface area contributed by atoms with Gasteiger partial charge in [-0.05, 0) is 36.5 Å². The molecule has 1 aromatic rings. The highest BCUT2D eigenvalue weighted by Gasteiger charge is 2.33. The van der Waals surface area contributed by atoms with Gasteiger partial charge in [-0.25, -0.2) is 0 Å². The molecule has 1 aliphatic carbocycles. The van der Waals surface area contributed by atoms with Crippen molar-refractivity contribution in [2.75, 3.05) is 23.3 Å². The molecule has 0 radical (unpaired) electrons. The average molecular weight is 248 g/mol. The summed E-state index contributed by atoms with van der Waals surface area (Å²) in [5.74, 6) is 1.25. The molecule has 1 saturated carbocycles. The molecular formula is C14H20N2S. The SMILES string of the molecule is Nc1ccc2c(c1)SCC1(CCCCC1)CN2. The third-order valence-corrected chi connectivity index (χ3v) is 5.51. The fraction of sp³-hybridized carbons (Fsp3) is 0.571. The highest BCUT2D eigenvalue weighted by molar-refractivity contribution is 7.99. The number of thioether (sulfide) groups is 1. The van der Waals surface area contributed by atoms with Crippen LogP contribution in [-0.2, 0) is 0 Å². The molecule has 17 heavy (non-hydrogen) atoms. The largest absolute Gasteiger partial charge is 0.399 e. The molecule has 1 aliphatic heterocycles. The number of anilines is 2. The monoisotopic (exact) mass is 248 g/mol. The van der Waals surface area contributed by atoms with Gasteiger partial charge in [0, 0.05) is 28.6 Å². The van der Waals surface area contributed by atoms with E-state index in [1.165, 1.54) is 48.4 Å². The molecule has 0 bridgehead atoms. The van der Waals surface area contributed by atoms with Crippen LogP contribution in [0.4, 0.5) is 11.4 Å². The highest BCUT2D eigenvalue weighted by Crippen LogP contribution is 2.45. The molecular weight excluding hydrogens is 228 g/mol. The Labute approximate surface area is 107 Å². The molecule has 1 aromatic carbocycles. The van der Waals surface area contributed by atoms with Crippen molar-refractivity contribution in [3.05, 3.63) is 18.2 Å². The van der Waals surface area contributed by atoms with Gasteiger partial charge >= 0.3 is 0 Å². The Morgan fingerprint density at radius 3 is 2.82 bits per heavy atom. The van der Waals surface area contributed by atoms with E-state index >= 15 is 0 Å². The molecule has 1 spiro atoms. The van der Waals surface area contributed by atoms with Crippen LogP contribution in [0.25, 0.3) is 0 Å². The van der Waals surface area contributed by atoms with Crippen LogP contribution in [-0.4, -0.2) is 12.3 Å². The summed E-state index contributed by atoms with van der Waals surface area (Å²) in [5, 5.41) is 3.64. The van der Waals surface area contributed by atoms with Crippen LogP contribution in [0.3, 0.4) is 0 Å². The van der Waals surface area contributed by atoms with E-state index in [0.717, 1.165) is 12.2 Å². The van der Waals surface area contributed by atoms with Gasteiger partial charge < -0.3 is 11.1 Å². The number of rotatable bonds is 0. The normalized spacial score (nSPS) is 22.6. The van der Waals surface area contributed by atoms with Gasteiger partial charge in [0.05, 0.1) is 0 Å². The number of hydrogen-bond acceptors (Lipinski definition) is 3. The van der Waals surface area contributed by atoms with E-state index in [2.05, 4.69) is 17.4 Å². The van der Waals surface area contributed by atoms with Crippen molar-refractivity contribution < 1.29 is 0 Å². The fourth-order valence-electron chi connectivity index (χ4n) is 2.99. The summed E-state index contributed by atoms with van der Waals surface area (Å²) in [5.41, 5.74) is 8.53. The first-order valence-corrected chi connectivity index (χ1v) is 7.52. The van der Waals surface area contributed by atoms with Gasteiger partial charge in [-0.3, -0.25) is 0 Å². The van der Waals surface area contributed by atoms with E-state index in [1.54, 1.807) is 0 Å². The Morgan fingerprint density at radius 2 is 2.00 bits per heavy atom. The van der Waals surface area contributed by atoms with E-state index in [1.807, 2.05) is 17.8 Å². The first-order valence-electron chi connectivity index (χ1n) is 6.54. The lowest BCUT2D eigenvalue weighted by molar-refractivity contribution is 0.241. The molecule has 1 heterocycles. The third kappa shape index (κ3) is 2.25. The smallest absolute Gasteiger partial charge is 0.0480 e. The van der Waals surface area contributed by atoms with E-state index in [0.29, 0.717) is 5.41 Å². The number of benzene rings is 1. The summed E-state index contributed by atoms with van der Waals surface area (Å²) >= 11 is 1.99. The Balaban J connectivity index is 1.82. The highest BCUT2D eigenvalue weighted by atomic mass is 32.2. The van der Waals surface area contributed by atoms with Crippen LogP contribution in [0.2, 0.25) is 0 Å². The Kier molecular flexibility index (Phi) is 2.95. The number of nitrogens with one attached hydrogen (secondary N) is 1. The molecule has 2 aliphatic rings. The van der Waals surface area contributed by atoms with Gasteiger partial charge in [-0.2, -0.15) is 0 Å². The summed E-state index contributed by atoms with van der Waals surface area (Å²) in [7, 11) is 0. The zero-order valence-corrected chi connectivity index (χ0v) is 11.0. The van der Waals surface area contributed by atoms with Crippen LogP contribution in [0.5, 0.6) is 0 Å². The number of fused-ring (bicyclic) bond motifs is 1. The predicted octanol–water partition coefficient (Wildman–Crippen LogP) is 3.74. The molecule has 3 N–H and O–H groups in total. The van der Waals surface area contributed by atoms with Crippen molar-refractivity contribution in [2.24, 2.45) is 5.41 Å². The van der Waals surface area contributed by atoms with E-state index in [9.17, 15) is 0 Å². The molecule has 0 amide bonds. The van der Waals surface area contributed by atoms with Crippen LogP contribution >= 0.6 is 11.8 Å². The van der Waals surface area contributed by atoms with Gasteiger partial charge in [0.15, 0.2) is 0 Å². The second-order valence-corrected chi connectivity index (χ2v) is 6.48. The van der Waals surface area contributed by atoms with Crippen LogP contribution < -0.4 is 11.1 Å². The number of nitrogen functional groups attached to an aromatic ring is 1. The maximum absolute atomic E-state index is 5.86. The summed E-state index contributed by atoms with van der Waals surface area (Å²) < 4.78 is 0. The molecule has 0 aromatic heterocycles. The predicted molar refractivity (Wildman–Crippen MR) is 75.6 cm³/mol. The second-order valence-electron chi connectivity index (χ2n) is 5.46. The average Bonchev–Trinajstić information content (AvgIpc) is 2.52. The minimum absolute atomic E-state index is 0.525. The quantitative estimate of drug-likeness (QED) is 0.687. The molecule has 1 fully saturated rings. The molecule has 3 rings (SSSR count). The van der Waals surface area contributed by atoms with E-state index in [-0.39, 0.29) is 0 Å². The van der Waals surface area contributed by atoms with Crippen LogP contribution in [0.1, 0.15) is 32.1 Å². The van der Waals surface area contributed by atoms with Crippen molar-refractivity contribution in [1.29, 1.82) is 0 Å². The van der Waals surface area contributed by atoms with Gasteiger partial charge in [-0.1, -0.05) is 19.3 Å². The van der Waals surface area contributed by atoms with Crippen molar-refractivity contribution in [3.63, 3.8) is 0 Å². The van der Waals surface area contributed by atoms with E-state index in [4.69, 9.17) is 5.73 Å². The first-order chi connectivity index (χ1) is 8.27. The van der Waals surface area contributed by atoms with Gasteiger partial charge in [-0.15, -0.1) is 11.8 Å². The maximum atomic E-state index is 5.86. The first kappa shape index (κ1) is 11.3. The van der Waals surface area contributed by atoms with Crippen LogP contribution in [0, 0.1) is 5.41 Å². The van der Waals surface area contributed by atoms with Crippen LogP contribution in [0.15, 0.2) is 23.1 Å². The Morgan fingerprint density at radius 1 is 1.18 bits per heavy atom. The lowest BCUT2D eigenvalue weighted by Gasteiger charge is -2.35. The summed E-state index contributed by atoms with van der Waals surface area (Å²) in [6.07, 6.45) is 7.00. The number of hydrogen-bond donors (Lipinski definition) is 2. The molecule has 0 unspecified atom stereocenters. The molecule has 92 valence electrons. The standard InChI is InChI=1S/C14H20N2S/c15-11-4-5-12-13(8-11)17-10-14(9-16-12)6-2-1-3-7-14/h4-5,8,16H,1-3,6-7,9-10,15H2. The van der Waals surface area contributed by atoms with E-state index < -0.39 is 0 Å². The summed E-state index contributed by atoms with van der Waals surface area (Å²) in [6, 6.07) is 6.22. The van der Waals surface area contributed by atoms with Crippen molar-refractivity contribution in [3.8, 4) is 0 Å². The zero-order valence-electron chi connectivity index (χ0n) is 10.2. The minimum atomic E-state index is 0.525. The van der Waals surface area contributed by atoms with Gasteiger partial charge in [0.1, 0.15) is 0 Å². The summed E-state index contributed by atoms with van der Waals surface area (Å²) in [4.78, 5) is 1.33. The van der Waals surface area contributed by atoms with Crippen molar-refractivity contribution >= 4 is 23.1 Å². The Hall–Kier alpha value is -0.830. The minimum Gasteiger partial charge on any atom is -0.399 e. The molecule has 2 nitrogen and oxygen atoms in total. The Bertz CT molecular complexity index is 411. The molecule has 0 atom stereocenters.